The van der Waals surface area contributed by atoms with Crippen molar-refractivity contribution in [1.82, 2.24) is 15.5 Å². The van der Waals surface area contributed by atoms with E-state index in [1.807, 2.05) is 36.4 Å². The van der Waals surface area contributed by atoms with E-state index in [2.05, 4.69) is 20.8 Å². The lowest BCUT2D eigenvalue weighted by Crippen LogP contribution is -2.25. The lowest BCUT2D eigenvalue weighted by molar-refractivity contribution is 0.0953. The van der Waals surface area contributed by atoms with E-state index in [-0.39, 0.29) is 11.5 Å². The number of carbonyl (C=O) groups excluding carboxylic acids is 1. The Kier molecular flexibility index (Phi) is 4.86. The van der Waals surface area contributed by atoms with E-state index in [1.165, 1.54) is 0 Å². The average Bonchev–Trinajstić information content (AvgIpc) is 2.64. The number of hydrogen-bond donors (Lipinski definition) is 3. The molecule has 3 N–H and O–H groups in total. The summed E-state index contributed by atoms with van der Waals surface area (Å²) in [7, 11) is 0. The number of rotatable bonds is 6. The number of benzene rings is 2. The molecule has 0 saturated heterocycles. The van der Waals surface area contributed by atoms with Crippen LogP contribution < -0.4 is 16.2 Å². The predicted octanol–water partition coefficient (Wildman–Crippen LogP) is 2.16. The van der Waals surface area contributed by atoms with Gasteiger partial charge in [-0.25, -0.2) is 5.10 Å². The molecule has 122 valence electrons. The molecule has 0 aliphatic heterocycles. The summed E-state index contributed by atoms with van der Waals surface area (Å²) in [6, 6.07) is 16.4. The van der Waals surface area contributed by atoms with Gasteiger partial charge in [0.25, 0.3) is 11.5 Å². The molecule has 24 heavy (non-hydrogen) atoms. The molecule has 0 radical (unpaired) electrons. The highest BCUT2D eigenvalue weighted by Gasteiger charge is 2.05. The number of aromatic amines is 1. The summed E-state index contributed by atoms with van der Waals surface area (Å²) in [6.07, 6.45) is 0.744. The predicted molar refractivity (Wildman–Crippen MR) is 94.2 cm³/mol. The maximum absolute atomic E-state index is 11.9. The second kappa shape index (κ2) is 7.41. The highest BCUT2D eigenvalue weighted by atomic mass is 16.1. The Bertz CT molecular complexity index is 890. The number of anilines is 1. The van der Waals surface area contributed by atoms with Gasteiger partial charge in [-0.05, 0) is 24.6 Å². The molecule has 3 rings (SSSR count). The van der Waals surface area contributed by atoms with Crippen molar-refractivity contribution in [2.75, 3.05) is 18.4 Å². The molecule has 3 aromatic rings. The molecule has 0 atom stereocenters. The zero-order chi connectivity index (χ0) is 16.8. The first-order valence-electron chi connectivity index (χ1n) is 7.80. The fourth-order valence-electron chi connectivity index (χ4n) is 2.44. The number of aromatic nitrogens is 2. The van der Waals surface area contributed by atoms with Gasteiger partial charge < -0.3 is 10.6 Å². The van der Waals surface area contributed by atoms with Gasteiger partial charge >= 0.3 is 0 Å². The number of nitrogens with one attached hydrogen (secondary N) is 3. The SMILES string of the molecule is O=C(NCCCNc1n[nH]c(=O)c2ccccc12)c1ccccc1. The molecule has 0 aliphatic rings. The van der Waals surface area contributed by atoms with Crippen LogP contribution in [0.5, 0.6) is 0 Å². The summed E-state index contributed by atoms with van der Waals surface area (Å²) in [6.45, 7) is 1.19. The molecule has 0 spiro atoms. The first-order valence-corrected chi connectivity index (χ1v) is 7.80. The fourth-order valence-corrected chi connectivity index (χ4v) is 2.44. The van der Waals surface area contributed by atoms with Gasteiger partial charge in [0.15, 0.2) is 5.82 Å². The molecule has 2 aromatic carbocycles. The van der Waals surface area contributed by atoms with Crippen LogP contribution in [0.3, 0.4) is 0 Å². The molecule has 0 saturated carbocycles. The van der Waals surface area contributed by atoms with Crippen LogP contribution in [0.15, 0.2) is 59.4 Å². The van der Waals surface area contributed by atoms with Gasteiger partial charge in [-0.15, -0.1) is 0 Å². The Balaban J connectivity index is 1.52. The highest BCUT2D eigenvalue weighted by Crippen LogP contribution is 2.16. The zero-order valence-electron chi connectivity index (χ0n) is 13.1. The van der Waals surface area contributed by atoms with Crippen molar-refractivity contribution < 1.29 is 4.79 Å². The smallest absolute Gasteiger partial charge is 0.272 e. The molecular weight excluding hydrogens is 304 g/mol. The number of carbonyl (C=O) groups is 1. The first kappa shape index (κ1) is 15.7. The topological polar surface area (TPSA) is 86.9 Å². The molecule has 1 aromatic heterocycles. The normalized spacial score (nSPS) is 10.5. The fraction of sp³-hybridized carbons (Fsp3) is 0.167. The lowest BCUT2D eigenvalue weighted by Gasteiger charge is -2.09. The third kappa shape index (κ3) is 3.60. The number of nitrogens with zero attached hydrogens (tertiary/aromatic N) is 1. The van der Waals surface area contributed by atoms with Crippen molar-refractivity contribution in [2.45, 2.75) is 6.42 Å². The number of H-pyrrole nitrogens is 1. The van der Waals surface area contributed by atoms with Crippen LogP contribution >= 0.6 is 0 Å². The monoisotopic (exact) mass is 322 g/mol. The van der Waals surface area contributed by atoms with Gasteiger partial charge in [-0.1, -0.05) is 36.4 Å². The zero-order valence-corrected chi connectivity index (χ0v) is 13.1. The van der Waals surface area contributed by atoms with Gasteiger partial charge in [0, 0.05) is 24.0 Å². The lowest BCUT2D eigenvalue weighted by atomic mass is 10.2. The van der Waals surface area contributed by atoms with Crippen LogP contribution in [0.4, 0.5) is 5.82 Å². The van der Waals surface area contributed by atoms with Gasteiger partial charge in [-0.2, -0.15) is 5.10 Å². The van der Waals surface area contributed by atoms with Crippen LogP contribution in [0, 0.1) is 0 Å². The minimum absolute atomic E-state index is 0.0804. The van der Waals surface area contributed by atoms with Gasteiger partial charge in [0.05, 0.1) is 5.39 Å². The molecule has 0 unspecified atom stereocenters. The summed E-state index contributed by atoms with van der Waals surface area (Å²) in [4.78, 5) is 23.6. The van der Waals surface area contributed by atoms with Gasteiger partial charge in [0.2, 0.25) is 0 Å². The Morgan fingerprint density at radius 3 is 2.46 bits per heavy atom. The molecule has 6 heteroatoms. The molecular formula is C18H18N4O2. The maximum atomic E-state index is 11.9. The van der Waals surface area contributed by atoms with Crippen molar-refractivity contribution in [3.63, 3.8) is 0 Å². The number of hydrogen-bond acceptors (Lipinski definition) is 4. The molecule has 0 aliphatic carbocycles. The Labute approximate surface area is 138 Å². The summed E-state index contributed by atoms with van der Waals surface area (Å²) in [5, 5.41) is 14.0. The van der Waals surface area contributed by atoms with E-state index in [0.717, 1.165) is 11.8 Å². The molecule has 0 fully saturated rings. The maximum Gasteiger partial charge on any atom is 0.272 e. The van der Waals surface area contributed by atoms with Crippen LogP contribution in [-0.4, -0.2) is 29.2 Å². The summed E-state index contributed by atoms with van der Waals surface area (Å²) in [5.41, 5.74) is 0.449. The Hall–Kier alpha value is -3.15. The van der Waals surface area contributed by atoms with Crippen molar-refractivity contribution in [3.05, 3.63) is 70.5 Å². The van der Waals surface area contributed by atoms with Crippen LogP contribution in [0.2, 0.25) is 0 Å². The van der Waals surface area contributed by atoms with Gasteiger partial charge in [-0.3, -0.25) is 9.59 Å². The molecule has 6 nitrogen and oxygen atoms in total. The third-order valence-corrected chi connectivity index (χ3v) is 3.66. The second-order valence-electron chi connectivity index (χ2n) is 5.35. The molecule has 0 bridgehead atoms. The van der Waals surface area contributed by atoms with Crippen molar-refractivity contribution in [1.29, 1.82) is 0 Å². The van der Waals surface area contributed by atoms with Crippen molar-refractivity contribution in [2.24, 2.45) is 0 Å². The summed E-state index contributed by atoms with van der Waals surface area (Å²) < 4.78 is 0. The van der Waals surface area contributed by atoms with Crippen LogP contribution in [0.1, 0.15) is 16.8 Å². The van der Waals surface area contributed by atoms with E-state index in [0.29, 0.717) is 29.9 Å². The Morgan fingerprint density at radius 1 is 0.958 bits per heavy atom. The van der Waals surface area contributed by atoms with E-state index in [9.17, 15) is 9.59 Å². The third-order valence-electron chi connectivity index (χ3n) is 3.66. The van der Waals surface area contributed by atoms with Crippen LogP contribution in [-0.2, 0) is 0 Å². The second-order valence-corrected chi connectivity index (χ2v) is 5.35. The number of amides is 1. The summed E-state index contributed by atoms with van der Waals surface area (Å²) in [5.74, 6) is 0.558. The van der Waals surface area contributed by atoms with E-state index >= 15 is 0 Å². The van der Waals surface area contributed by atoms with Crippen LogP contribution in [0.25, 0.3) is 10.8 Å². The van der Waals surface area contributed by atoms with Crippen molar-refractivity contribution in [3.8, 4) is 0 Å². The highest BCUT2D eigenvalue weighted by molar-refractivity contribution is 5.94. The standard InChI is InChI=1S/C18H18N4O2/c23-17(13-7-2-1-3-8-13)20-12-6-11-19-16-14-9-4-5-10-15(14)18(24)22-21-16/h1-5,7-10H,6,11-12H2,(H,19,21)(H,20,23)(H,22,24). The van der Waals surface area contributed by atoms with E-state index in [4.69, 9.17) is 0 Å². The average molecular weight is 322 g/mol. The first-order chi connectivity index (χ1) is 11.8. The molecule has 1 amide bonds. The minimum Gasteiger partial charge on any atom is -0.368 e. The summed E-state index contributed by atoms with van der Waals surface area (Å²) >= 11 is 0. The quantitative estimate of drug-likeness (QED) is 0.607. The van der Waals surface area contributed by atoms with E-state index in [1.54, 1.807) is 18.2 Å². The largest absolute Gasteiger partial charge is 0.368 e. The number of fused-ring (bicyclic) bond motifs is 1. The van der Waals surface area contributed by atoms with E-state index < -0.39 is 0 Å². The van der Waals surface area contributed by atoms with Gasteiger partial charge in [0.1, 0.15) is 0 Å². The Morgan fingerprint density at radius 2 is 1.67 bits per heavy atom. The molecule has 1 heterocycles. The minimum atomic E-state index is -0.203. The van der Waals surface area contributed by atoms with Crippen molar-refractivity contribution >= 4 is 22.5 Å².